The van der Waals surface area contributed by atoms with Crippen LogP contribution in [0.1, 0.15) is 52.9 Å². The number of hydrogen-bond acceptors (Lipinski definition) is 0. The Bertz CT molecular complexity index is 127. The van der Waals surface area contributed by atoms with Crippen molar-refractivity contribution in [3.05, 3.63) is 11.6 Å². The second kappa shape index (κ2) is 10.3. The Morgan fingerprint density at radius 2 is 1.92 bits per heavy atom. The molecule has 0 saturated carbocycles. The Hall–Kier alpha value is 0.170. The van der Waals surface area contributed by atoms with Crippen LogP contribution in [0, 0.1) is 0 Å². The second-order valence-electron chi connectivity index (χ2n) is 3.54. The molecule has 1 heteroatoms. The van der Waals surface area contributed by atoms with Crippen LogP contribution in [0.4, 0.5) is 0 Å². The molecule has 0 aliphatic rings. The highest BCUT2D eigenvalue weighted by molar-refractivity contribution is 7.38. The Morgan fingerprint density at radius 1 is 1.15 bits per heavy atom. The van der Waals surface area contributed by atoms with Crippen molar-refractivity contribution in [1.82, 2.24) is 0 Å². The van der Waals surface area contributed by atoms with Gasteiger partial charge in [0.2, 0.25) is 0 Å². The fraction of sp³-hybridized carbons (Fsp3) is 0.833. The van der Waals surface area contributed by atoms with E-state index in [1.165, 1.54) is 44.4 Å². The van der Waals surface area contributed by atoms with Crippen LogP contribution in [0.5, 0.6) is 0 Å². The molecule has 1 unspecified atom stereocenters. The normalized spacial score (nSPS) is 13.0. The lowest BCUT2D eigenvalue weighted by molar-refractivity contribution is 0.664. The van der Waals surface area contributed by atoms with Crippen LogP contribution in [0.15, 0.2) is 11.6 Å². The van der Waals surface area contributed by atoms with Gasteiger partial charge in [0.1, 0.15) is 0 Å². The van der Waals surface area contributed by atoms with Gasteiger partial charge >= 0.3 is 0 Å². The summed E-state index contributed by atoms with van der Waals surface area (Å²) < 4.78 is 0. The van der Waals surface area contributed by atoms with Gasteiger partial charge in [-0.25, -0.2) is 0 Å². The van der Waals surface area contributed by atoms with E-state index in [9.17, 15) is 0 Å². The van der Waals surface area contributed by atoms with Gasteiger partial charge in [0.15, 0.2) is 0 Å². The molecule has 0 spiro atoms. The molecule has 0 saturated heterocycles. The summed E-state index contributed by atoms with van der Waals surface area (Å²) in [6.07, 6.45) is 12.0. The molecule has 0 aromatic heterocycles. The zero-order valence-electron chi connectivity index (χ0n) is 9.53. The fourth-order valence-corrected chi connectivity index (χ4v) is 2.35. The summed E-state index contributed by atoms with van der Waals surface area (Å²) in [4.78, 5) is 0. The monoisotopic (exact) mass is 200 g/mol. The molecule has 0 nitrogen and oxygen atoms in total. The standard InChI is InChI=1S/C12H25P/c1-4-7-8-9-10-12(5-2)11-13-6-3/h5,13H,4,6-11H2,1-3H3/b12-5-. The van der Waals surface area contributed by atoms with E-state index >= 15 is 0 Å². The van der Waals surface area contributed by atoms with Gasteiger partial charge in [-0.1, -0.05) is 44.8 Å². The molecule has 0 bridgehead atoms. The van der Waals surface area contributed by atoms with Crippen molar-refractivity contribution in [2.45, 2.75) is 52.9 Å². The summed E-state index contributed by atoms with van der Waals surface area (Å²) >= 11 is 0. The molecule has 78 valence electrons. The first kappa shape index (κ1) is 13.2. The fourth-order valence-electron chi connectivity index (χ4n) is 1.40. The van der Waals surface area contributed by atoms with Gasteiger partial charge in [-0.05, 0) is 32.1 Å². The van der Waals surface area contributed by atoms with Crippen molar-refractivity contribution < 1.29 is 0 Å². The first-order valence-corrected chi connectivity index (χ1v) is 7.11. The molecule has 0 aliphatic heterocycles. The van der Waals surface area contributed by atoms with E-state index in [1.54, 1.807) is 5.57 Å². The predicted molar refractivity (Wildman–Crippen MR) is 66.2 cm³/mol. The SMILES string of the molecule is C/C=C(/CCCCCC)CPCC. The maximum atomic E-state index is 2.33. The number of allylic oxidation sites excluding steroid dienone is 2. The van der Waals surface area contributed by atoms with E-state index in [4.69, 9.17) is 0 Å². The summed E-state index contributed by atoms with van der Waals surface area (Å²) in [5.74, 6) is 0. The lowest BCUT2D eigenvalue weighted by atomic mass is 10.1. The summed E-state index contributed by atoms with van der Waals surface area (Å²) in [6, 6.07) is 0. The minimum absolute atomic E-state index is 1.15. The Balaban J connectivity index is 3.38. The third kappa shape index (κ3) is 8.50. The summed E-state index contributed by atoms with van der Waals surface area (Å²) in [6.45, 7) is 6.74. The summed E-state index contributed by atoms with van der Waals surface area (Å²) in [7, 11) is 1.15. The van der Waals surface area contributed by atoms with Crippen molar-refractivity contribution in [1.29, 1.82) is 0 Å². The van der Waals surface area contributed by atoms with Crippen molar-refractivity contribution in [3.63, 3.8) is 0 Å². The van der Waals surface area contributed by atoms with Crippen molar-refractivity contribution in [2.75, 3.05) is 12.3 Å². The van der Waals surface area contributed by atoms with E-state index in [2.05, 4.69) is 26.8 Å². The highest BCUT2D eigenvalue weighted by atomic mass is 31.1. The van der Waals surface area contributed by atoms with Gasteiger partial charge in [0, 0.05) is 0 Å². The maximum Gasteiger partial charge on any atom is -0.0142 e. The third-order valence-corrected chi connectivity index (χ3v) is 3.57. The lowest BCUT2D eigenvalue weighted by Crippen LogP contribution is -1.87. The first-order chi connectivity index (χ1) is 6.35. The minimum atomic E-state index is 1.15. The van der Waals surface area contributed by atoms with E-state index in [0.29, 0.717) is 0 Å². The first-order valence-electron chi connectivity index (χ1n) is 5.69. The molecule has 13 heavy (non-hydrogen) atoms. The number of rotatable bonds is 8. The minimum Gasteiger partial charge on any atom is -0.118 e. The molecule has 1 atom stereocenters. The smallest absolute Gasteiger partial charge is 0.0142 e. The van der Waals surface area contributed by atoms with E-state index in [1.807, 2.05) is 0 Å². The topological polar surface area (TPSA) is 0 Å². The number of unbranched alkanes of at least 4 members (excludes halogenated alkanes) is 3. The predicted octanol–water partition coefficient (Wildman–Crippen LogP) is 4.60. The average molecular weight is 200 g/mol. The van der Waals surface area contributed by atoms with Crippen LogP contribution in [-0.4, -0.2) is 12.3 Å². The van der Waals surface area contributed by atoms with Gasteiger partial charge in [-0.2, -0.15) is 0 Å². The largest absolute Gasteiger partial charge is 0.118 e. The molecular formula is C12H25P. The van der Waals surface area contributed by atoms with Gasteiger partial charge < -0.3 is 0 Å². The molecule has 0 aromatic carbocycles. The quantitative estimate of drug-likeness (QED) is 0.305. The van der Waals surface area contributed by atoms with Gasteiger partial charge in [-0.3, -0.25) is 0 Å². The van der Waals surface area contributed by atoms with E-state index < -0.39 is 0 Å². The highest BCUT2D eigenvalue weighted by Crippen LogP contribution is 2.19. The lowest BCUT2D eigenvalue weighted by Gasteiger charge is -2.05. The van der Waals surface area contributed by atoms with Crippen LogP contribution < -0.4 is 0 Å². The summed E-state index contributed by atoms with van der Waals surface area (Å²) in [5, 5.41) is 0. The van der Waals surface area contributed by atoms with Crippen LogP contribution >= 0.6 is 8.58 Å². The van der Waals surface area contributed by atoms with Gasteiger partial charge in [0.05, 0.1) is 0 Å². The van der Waals surface area contributed by atoms with Crippen LogP contribution in [0.2, 0.25) is 0 Å². The third-order valence-electron chi connectivity index (χ3n) is 2.36. The molecule has 0 rings (SSSR count). The van der Waals surface area contributed by atoms with Gasteiger partial charge in [-0.15, -0.1) is 8.58 Å². The van der Waals surface area contributed by atoms with Crippen molar-refractivity contribution >= 4 is 8.58 Å². The molecule has 0 heterocycles. The molecule has 0 N–H and O–H groups in total. The van der Waals surface area contributed by atoms with Crippen molar-refractivity contribution in [2.24, 2.45) is 0 Å². The van der Waals surface area contributed by atoms with Gasteiger partial charge in [0.25, 0.3) is 0 Å². The summed E-state index contributed by atoms with van der Waals surface area (Å²) in [5.41, 5.74) is 1.69. The zero-order valence-corrected chi connectivity index (χ0v) is 10.5. The van der Waals surface area contributed by atoms with E-state index in [-0.39, 0.29) is 0 Å². The molecule has 0 aromatic rings. The molecule has 0 radical (unpaired) electrons. The maximum absolute atomic E-state index is 2.33. The molecular weight excluding hydrogens is 175 g/mol. The second-order valence-corrected chi connectivity index (χ2v) is 5.10. The number of hydrogen-bond donors (Lipinski definition) is 0. The van der Waals surface area contributed by atoms with Crippen LogP contribution in [-0.2, 0) is 0 Å². The molecule has 0 amide bonds. The Morgan fingerprint density at radius 3 is 2.46 bits per heavy atom. The molecule has 0 aliphatic carbocycles. The Labute approximate surface area is 86.0 Å². The van der Waals surface area contributed by atoms with Crippen molar-refractivity contribution in [3.8, 4) is 0 Å². The zero-order chi connectivity index (χ0) is 9.94. The molecule has 0 fully saturated rings. The Kier molecular flexibility index (Phi) is 10.4. The van der Waals surface area contributed by atoms with Crippen LogP contribution in [0.3, 0.4) is 0 Å². The average Bonchev–Trinajstić information content (AvgIpc) is 2.17. The highest BCUT2D eigenvalue weighted by Gasteiger charge is 1.95. The van der Waals surface area contributed by atoms with E-state index in [0.717, 1.165) is 8.58 Å². The van der Waals surface area contributed by atoms with Crippen LogP contribution in [0.25, 0.3) is 0 Å².